The summed E-state index contributed by atoms with van der Waals surface area (Å²) in [7, 11) is -0.665. The highest BCUT2D eigenvalue weighted by molar-refractivity contribution is 7.89. The number of H-pyrrole nitrogens is 1. The Hall–Kier alpha value is -2.97. The molecule has 1 heterocycles. The molecule has 2 N–H and O–H groups in total. The molecule has 0 spiro atoms. The van der Waals surface area contributed by atoms with Crippen molar-refractivity contribution in [3.05, 3.63) is 65.4 Å². The van der Waals surface area contributed by atoms with Gasteiger partial charge < -0.3 is 5.32 Å². The molecule has 0 atom stereocenters. The van der Waals surface area contributed by atoms with Crippen molar-refractivity contribution in [3.63, 3.8) is 0 Å². The Balaban J connectivity index is 1.83. The number of amides is 1. The van der Waals surface area contributed by atoms with Crippen molar-refractivity contribution in [2.24, 2.45) is 0 Å². The van der Waals surface area contributed by atoms with Gasteiger partial charge in [-0.25, -0.2) is 12.7 Å². The molecule has 0 fully saturated rings. The first-order chi connectivity index (χ1) is 13.2. The van der Waals surface area contributed by atoms with Gasteiger partial charge in [-0.2, -0.15) is 5.10 Å². The maximum Gasteiger partial charge on any atom is 0.273 e. The van der Waals surface area contributed by atoms with E-state index in [0.717, 1.165) is 15.4 Å². The molecule has 0 saturated heterocycles. The second-order valence-corrected chi connectivity index (χ2v) is 8.87. The van der Waals surface area contributed by atoms with E-state index in [9.17, 15) is 13.2 Å². The number of nitrogens with one attached hydrogen (secondary N) is 2. The minimum absolute atomic E-state index is 0.153. The zero-order valence-electron chi connectivity index (χ0n) is 16.1. The van der Waals surface area contributed by atoms with Crippen molar-refractivity contribution < 1.29 is 13.2 Å². The lowest BCUT2D eigenvalue weighted by Crippen LogP contribution is -2.23. The van der Waals surface area contributed by atoms with Crippen LogP contribution in [-0.2, 0) is 10.0 Å². The summed E-state index contributed by atoms with van der Waals surface area (Å²) in [5.74, 6) is -0.400. The third kappa shape index (κ3) is 3.97. The molecule has 0 radical (unpaired) electrons. The highest BCUT2D eigenvalue weighted by atomic mass is 32.2. The number of hydrogen-bond donors (Lipinski definition) is 2. The van der Waals surface area contributed by atoms with Crippen molar-refractivity contribution in [1.29, 1.82) is 0 Å². The average molecular weight is 398 g/mol. The van der Waals surface area contributed by atoms with E-state index in [1.165, 1.54) is 20.2 Å². The van der Waals surface area contributed by atoms with Crippen LogP contribution in [0.4, 0.5) is 5.69 Å². The number of aromatic amines is 1. The van der Waals surface area contributed by atoms with E-state index in [-0.39, 0.29) is 10.6 Å². The molecular formula is C20H22N4O3S. The first-order valence-corrected chi connectivity index (χ1v) is 10.1. The Bertz CT molecular complexity index is 1120. The van der Waals surface area contributed by atoms with Crippen LogP contribution < -0.4 is 5.32 Å². The molecule has 146 valence electrons. The van der Waals surface area contributed by atoms with Crippen LogP contribution in [0.2, 0.25) is 0 Å². The minimum Gasteiger partial charge on any atom is -0.321 e. The van der Waals surface area contributed by atoms with Crippen LogP contribution in [0.5, 0.6) is 0 Å². The number of nitrogens with zero attached hydrogens (tertiary/aromatic N) is 2. The molecule has 0 saturated carbocycles. The predicted molar refractivity (Wildman–Crippen MR) is 109 cm³/mol. The van der Waals surface area contributed by atoms with Crippen molar-refractivity contribution in [1.82, 2.24) is 14.5 Å². The largest absolute Gasteiger partial charge is 0.321 e. The van der Waals surface area contributed by atoms with E-state index in [0.29, 0.717) is 16.9 Å². The van der Waals surface area contributed by atoms with Crippen molar-refractivity contribution in [2.45, 2.75) is 18.7 Å². The first kappa shape index (κ1) is 19.8. The number of carbonyl (C=O) groups excluding carboxylic acids is 1. The van der Waals surface area contributed by atoms with Crippen LogP contribution in [0.25, 0.3) is 11.3 Å². The van der Waals surface area contributed by atoms with Crippen LogP contribution in [-0.4, -0.2) is 42.9 Å². The molecule has 28 heavy (non-hydrogen) atoms. The lowest BCUT2D eigenvalue weighted by molar-refractivity contribution is 0.102. The Labute approximate surface area is 164 Å². The lowest BCUT2D eigenvalue weighted by Gasteiger charge is -2.15. The molecule has 1 aromatic heterocycles. The average Bonchev–Trinajstić information content (AvgIpc) is 3.14. The molecule has 7 nitrogen and oxygen atoms in total. The van der Waals surface area contributed by atoms with E-state index in [1.54, 1.807) is 25.1 Å². The highest BCUT2D eigenvalue weighted by Gasteiger charge is 2.21. The summed E-state index contributed by atoms with van der Waals surface area (Å²) < 4.78 is 26.0. The van der Waals surface area contributed by atoms with Crippen LogP contribution in [0.1, 0.15) is 21.6 Å². The summed E-state index contributed by atoms with van der Waals surface area (Å²) in [6.07, 6.45) is 0. The van der Waals surface area contributed by atoms with Gasteiger partial charge >= 0.3 is 0 Å². The summed E-state index contributed by atoms with van der Waals surface area (Å²) in [5.41, 5.74) is 3.98. The number of carbonyl (C=O) groups is 1. The lowest BCUT2D eigenvalue weighted by atomic mass is 10.1. The molecule has 0 bridgehead atoms. The fourth-order valence-electron chi connectivity index (χ4n) is 2.66. The standard InChI is InChI=1S/C20H22N4O3S/c1-13-5-8-15(9-6-13)17-12-18(23-22-17)20(25)21-16-10-7-14(2)19(11-16)28(26,27)24(3)4/h5-12H,1-4H3,(H,21,25)(H,22,23). The molecule has 0 aliphatic heterocycles. The molecule has 0 aliphatic rings. The first-order valence-electron chi connectivity index (χ1n) is 8.65. The SMILES string of the molecule is Cc1ccc(-c2cc(C(=O)Nc3ccc(C)c(S(=O)(=O)N(C)C)c3)[nH]n2)cc1. The number of aromatic nitrogens is 2. The van der Waals surface area contributed by atoms with Crippen LogP contribution in [0.3, 0.4) is 0 Å². The second kappa shape index (κ2) is 7.57. The van der Waals surface area contributed by atoms with Gasteiger partial charge in [-0.15, -0.1) is 0 Å². The number of hydrogen-bond acceptors (Lipinski definition) is 4. The van der Waals surface area contributed by atoms with Gasteiger partial charge in [-0.05, 0) is 37.6 Å². The fraction of sp³-hybridized carbons (Fsp3) is 0.200. The number of rotatable bonds is 5. The minimum atomic E-state index is -3.60. The monoisotopic (exact) mass is 398 g/mol. The summed E-state index contributed by atoms with van der Waals surface area (Å²) in [5, 5.41) is 9.63. The number of aryl methyl sites for hydroxylation is 2. The fourth-order valence-corrected chi connectivity index (χ4v) is 3.81. The second-order valence-electron chi connectivity index (χ2n) is 6.75. The Morgan fingerprint density at radius 1 is 1.04 bits per heavy atom. The zero-order valence-corrected chi connectivity index (χ0v) is 17.0. The van der Waals surface area contributed by atoms with Gasteiger partial charge in [0, 0.05) is 25.3 Å². The normalized spacial score (nSPS) is 11.6. The van der Waals surface area contributed by atoms with Crippen molar-refractivity contribution in [2.75, 3.05) is 19.4 Å². The Kier molecular flexibility index (Phi) is 5.35. The highest BCUT2D eigenvalue weighted by Crippen LogP contribution is 2.23. The zero-order chi connectivity index (χ0) is 20.5. The van der Waals surface area contributed by atoms with Gasteiger partial charge in [0.05, 0.1) is 10.6 Å². The van der Waals surface area contributed by atoms with Gasteiger partial charge in [0.15, 0.2) is 0 Å². The van der Waals surface area contributed by atoms with Gasteiger partial charge in [0.1, 0.15) is 5.69 Å². The van der Waals surface area contributed by atoms with Crippen LogP contribution in [0, 0.1) is 13.8 Å². The maximum atomic E-state index is 12.6. The predicted octanol–water partition coefficient (Wildman–Crippen LogP) is 3.20. The van der Waals surface area contributed by atoms with Crippen molar-refractivity contribution in [3.8, 4) is 11.3 Å². The molecule has 3 rings (SSSR count). The van der Waals surface area contributed by atoms with Crippen LogP contribution >= 0.6 is 0 Å². The molecule has 2 aromatic carbocycles. The molecular weight excluding hydrogens is 376 g/mol. The third-order valence-electron chi connectivity index (χ3n) is 4.37. The van der Waals surface area contributed by atoms with Gasteiger partial charge in [0.2, 0.25) is 10.0 Å². The quantitative estimate of drug-likeness (QED) is 0.690. The van der Waals surface area contributed by atoms with Crippen LogP contribution in [0.15, 0.2) is 53.4 Å². The summed E-state index contributed by atoms with van der Waals surface area (Å²) in [6, 6.07) is 14.3. The van der Waals surface area contributed by atoms with Crippen molar-refractivity contribution >= 4 is 21.6 Å². The maximum absolute atomic E-state index is 12.6. The summed E-state index contributed by atoms with van der Waals surface area (Å²) in [4.78, 5) is 12.7. The van der Waals surface area contributed by atoms with E-state index in [4.69, 9.17) is 0 Å². The molecule has 1 amide bonds. The smallest absolute Gasteiger partial charge is 0.273 e. The topological polar surface area (TPSA) is 95.2 Å². The van der Waals surface area contributed by atoms with E-state index >= 15 is 0 Å². The number of sulfonamides is 1. The van der Waals surface area contributed by atoms with Gasteiger partial charge in [0.25, 0.3) is 5.91 Å². The third-order valence-corrected chi connectivity index (χ3v) is 6.33. The molecule has 0 aliphatic carbocycles. The van der Waals surface area contributed by atoms with Gasteiger partial charge in [-0.1, -0.05) is 35.9 Å². The van der Waals surface area contributed by atoms with Gasteiger partial charge in [-0.3, -0.25) is 9.89 Å². The Morgan fingerprint density at radius 3 is 2.36 bits per heavy atom. The molecule has 0 unspecified atom stereocenters. The Morgan fingerprint density at radius 2 is 1.71 bits per heavy atom. The summed E-state index contributed by atoms with van der Waals surface area (Å²) >= 11 is 0. The number of benzene rings is 2. The van der Waals surface area contributed by atoms with E-state index < -0.39 is 15.9 Å². The number of anilines is 1. The summed E-state index contributed by atoms with van der Waals surface area (Å²) in [6.45, 7) is 3.71. The molecule has 3 aromatic rings. The van der Waals surface area contributed by atoms with E-state index in [1.807, 2.05) is 31.2 Å². The molecule has 8 heteroatoms. The van der Waals surface area contributed by atoms with E-state index in [2.05, 4.69) is 15.5 Å².